The molecule has 28 heavy (non-hydrogen) atoms. The van der Waals surface area contributed by atoms with Gasteiger partial charge in [0.2, 0.25) is 10.0 Å². The van der Waals surface area contributed by atoms with E-state index in [-0.39, 0.29) is 10.5 Å². The monoisotopic (exact) mass is 420 g/mol. The van der Waals surface area contributed by atoms with Crippen molar-refractivity contribution in [2.45, 2.75) is 64.1 Å². The van der Waals surface area contributed by atoms with E-state index >= 15 is 0 Å². The van der Waals surface area contributed by atoms with Crippen molar-refractivity contribution in [3.8, 4) is 0 Å². The summed E-state index contributed by atoms with van der Waals surface area (Å²) in [6.07, 6.45) is -2.15. The fraction of sp³-hybridized carbons (Fsp3) is 0.632. The number of hydrogen-bond acceptors (Lipinski definition) is 3. The third kappa shape index (κ3) is 5.05. The first-order valence-electron chi connectivity index (χ1n) is 9.23. The molecule has 0 aliphatic carbocycles. The second-order valence-corrected chi connectivity index (χ2v) is 10.2. The van der Waals surface area contributed by atoms with Gasteiger partial charge in [0.1, 0.15) is 6.04 Å². The SMILES string of the molecule is Cc1ccc(S(=O)(=O)N2CCCCC2)cc1C(=O)N[C@@H](C(C)(C)C)C(F)(F)F. The highest BCUT2D eigenvalue weighted by Crippen LogP contribution is 2.33. The van der Waals surface area contributed by atoms with E-state index in [1.807, 2.05) is 5.32 Å². The number of halogens is 3. The average molecular weight is 420 g/mol. The van der Waals surface area contributed by atoms with Crippen molar-refractivity contribution in [3.63, 3.8) is 0 Å². The normalized spacial score (nSPS) is 18.0. The van der Waals surface area contributed by atoms with Crippen LogP contribution in [0.4, 0.5) is 13.2 Å². The van der Waals surface area contributed by atoms with Gasteiger partial charge in [-0.25, -0.2) is 8.42 Å². The minimum absolute atomic E-state index is 0.0726. The highest BCUT2D eigenvalue weighted by molar-refractivity contribution is 7.89. The molecular formula is C19H27F3N2O3S. The largest absolute Gasteiger partial charge is 0.409 e. The van der Waals surface area contributed by atoms with Crippen molar-refractivity contribution in [2.75, 3.05) is 13.1 Å². The van der Waals surface area contributed by atoms with Gasteiger partial charge in [0, 0.05) is 18.7 Å². The van der Waals surface area contributed by atoms with Crippen molar-refractivity contribution in [1.82, 2.24) is 9.62 Å². The number of carbonyl (C=O) groups is 1. The van der Waals surface area contributed by atoms with Gasteiger partial charge in [-0.1, -0.05) is 33.3 Å². The summed E-state index contributed by atoms with van der Waals surface area (Å²) in [6, 6.07) is 1.95. The lowest BCUT2D eigenvalue weighted by Crippen LogP contribution is -2.53. The van der Waals surface area contributed by atoms with E-state index in [0.29, 0.717) is 18.7 Å². The van der Waals surface area contributed by atoms with Crippen LogP contribution < -0.4 is 5.32 Å². The van der Waals surface area contributed by atoms with Crippen LogP contribution in [0.2, 0.25) is 0 Å². The molecule has 1 N–H and O–H groups in total. The van der Waals surface area contributed by atoms with Gasteiger partial charge in [-0.3, -0.25) is 4.79 Å². The van der Waals surface area contributed by atoms with Crippen LogP contribution in [-0.2, 0) is 10.0 Å². The van der Waals surface area contributed by atoms with Gasteiger partial charge < -0.3 is 5.32 Å². The molecule has 1 aromatic carbocycles. The molecule has 1 aliphatic heterocycles. The lowest BCUT2D eigenvalue weighted by atomic mass is 9.86. The molecule has 0 saturated carbocycles. The van der Waals surface area contributed by atoms with Crippen LogP contribution in [0.1, 0.15) is 56.0 Å². The van der Waals surface area contributed by atoms with Crippen LogP contribution in [0.5, 0.6) is 0 Å². The number of sulfonamides is 1. The van der Waals surface area contributed by atoms with E-state index in [1.54, 1.807) is 6.92 Å². The maximum atomic E-state index is 13.4. The summed E-state index contributed by atoms with van der Waals surface area (Å²) in [5, 5.41) is 2.04. The molecule has 1 aromatic rings. The molecule has 1 heterocycles. The minimum Gasteiger partial charge on any atom is -0.340 e. The Bertz CT molecular complexity index is 810. The number of aryl methyl sites for hydroxylation is 1. The van der Waals surface area contributed by atoms with Crippen LogP contribution >= 0.6 is 0 Å². The van der Waals surface area contributed by atoms with E-state index in [1.165, 1.54) is 43.3 Å². The van der Waals surface area contributed by atoms with Crippen LogP contribution in [0.3, 0.4) is 0 Å². The van der Waals surface area contributed by atoms with Gasteiger partial charge >= 0.3 is 6.18 Å². The Morgan fingerprint density at radius 2 is 1.68 bits per heavy atom. The van der Waals surface area contributed by atoms with Crippen molar-refractivity contribution in [3.05, 3.63) is 29.3 Å². The first-order valence-corrected chi connectivity index (χ1v) is 10.7. The van der Waals surface area contributed by atoms with E-state index in [4.69, 9.17) is 0 Å². The molecule has 1 atom stereocenters. The fourth-order valence-electron chi connectivity index (χ4n) is 3.26. The zero-order valence-electron chi connectivity index (χ0n) is 16.6. The topological polar surface area (TPSA) is 66.5 Å². The number of benzene rings is 1. The molecule has 1 fully saturated rings. The maximum absolute atomic E-state index is 13.4. The lowest BCUT2D eigenvalue weighted by Gasteiger charge is -2.33. The Morgan fingerprint density at radius 3 is 2.18 bits per heavy atom. The molecule has 0 bridgehead atoms. The molecule has 0 radical (unpaired) electrons. The Balaban J connectivity index is 2.35. The molecule has 1 amide bonds. The second kappa shape index (κ2) is 8.02. The second-order valence-electron chi connectivity index (χ2n) is 8.26. The fourth-order valence-corrected chi connectivity index (χ4v) is 4.80. The minimum atomic E-state index is -4.63. The highest BCUT2D eigenvalue weighted by Gasteiger charge is 2.48. The molecule has 158 valence electrons. The van der Waals surface area contributed by atoms with E-state index in [2.05, 4.69) is 0 Å². The first-order chi connectivity index (χ1) is 12.7. The zero-order valence-corrected chi connectivity index (χ0v) is 17.4. The third-order valence-electron chi connectivity index (χ3n) is 4.88. The molecule has 1 aliphatic rings. The van der Waals surface area contributed by atoms with Gasteiger partial charge in [-0.2, -0.15) is 17.5 Å². The number of hydrogen-bond donors (Lipinski definition) is 1. The summed E-state index contributed by atoms with van der Waals surface area (Å²) in [5.74, 6) is -0.939. The molecule has 9 heteroatoms. The van der Waals surface area contributed by atoms with E-state index < -0.39 is 33.6 Å². The van der Waals surface area contributed by atoms with Crippen molar-refractivity contribution < 1.29 is 26.4 Å². The van der Waals surface area contributed by atoms with Crippen LogP contribution in [-0.4, -0.2) is 43.9 Å². The number of amides is 1. The number of rotatable bonds is 4. The molecule has 0 aromatic heterocycles. The molecule has 2 rings (SSSR count). The summed E-state index contributed by atoms with van der Waals surface area (Å²) >= 11 is 0. The number of nitrogens with zero attached hydrogens (tertiary/aromatic N) is 1. The van der Waals surface area contributed by atoms with E-state index in [9.17, 15) is 26.4 Å². The standard InChI is InChI=1S/C19H27F3N2O3S/c1-13-8-9-14(28(26,27)24-10-6-5-7-11-24)12-15(13)16(25)23-17(18(2,3)4)19(20,21)22/h8-9,12,17H,5-7,10-11H2,1-4H3,(H,23,25)/t17-/m0/s1. The maximum Gasteiger partial charge on any atom is 0.409 e. The Kier molecular flexibility index (Phi) is 6.50. The smallest absolute Gasteiger partial charge is 0.340 e. The van der Waals surface area contributed by atoms with Crippen LogP contribution in [0, 0.1) is 12.3 Å². The number of carbonyl (C=O) groups excluding carboxylic acids is 1. The van der Waals surface area contributed by atoms with E-state index in [0.717, 1.165) is 19.3 Å². The van der Waals surface area contributed by atoms with Gasteiger partial charge in [-0.15, -0.1) is 0 Å². The Morgan fingerprint density at radius 1 is 1.11 bits per heavy atom. The predicted octanol–water partition coefficient (Wildman–Crippen LogP) is 3.88. The summed E-state index contributed by atoms with van der Waals surface area (Å²) in [7, 11) is -3.79. The molecule has 0 spiro atoms. The van der Waals surface area contributed by atoms with Crippen molar-refractivity contribution >= 4 is 15.9 Å². The number of piperidine rings is 1. The summed E-state index contributed by atoms with van der Waals surface area (Å²) in [6.45, 7) is 6.52. The van der Waals surface area contributed by atoms with Crippen molar-refractivity contribution in [1.29, 1.82) is 0 Å². The van der Waals surface area contributed by atoms with Gasteiger partial charge in [0.25, 0.3) is 5.91 Å². The molecule has 1 saturated heterocycles. The first kappa shape index (κ1) is 22.7. The van der Waals surface area contributed by atoms with Crippen molar-refractivity contribution in [2.24, 2.45) is 5.41 Å². The summed E-state index contributed by atoms with van der Waals surface area (Å²) < 4.78 is 67.2. The van der Waals surface area contributed by atoms with Gasteiger partial charge in [-0.05, 0) is 42.9 Å². The molecular weight excluding hydrogens is 393 g/mol. The predicted molar refractivity (Wildman–Crippen MR) is 101 cm³/mol. The molecule has 5 nitrogen and oxygen atoms in total. The highest BCUT2D eigenvalue weighted by atomic mass is 32.2. The van der Waals surface area contributed by atoms with Gasteiger partial charge in [0.15, 0.2) is 0 Å². The average Bonchev–Trinajstić information content (AvgIpc) is 2.58. The number of alkyl halides is 3. The van der Waals surface area contributed by atoms with Crippen LogP contribution in [0.25, 0.3) is 0 Å². The summed E-state index contributed by atoms with van der Waals surface area (Å²) in [4.78, 5) is 12.5. The zero-order chi connectivity index (χ0) is 21.3. The summed E-state index contributed by atoms with van der Waals surface area (Å²) in [5.41, 5.74) is -0.916. The van der Waals surface area contributed by atoms with Gasteiger partial charge in [0.05, 0.1) is 4.90 Å². The quantitative estimate of drug-likeness (QED) is 0.804. The third-order valence-corrected chi connectivity index (χ3v) is 6.77. The number of nitrogens with one attached hydrogen (secondary N) is 1. The Hall–Kier alpha value is -1.61. The lowest BCUT2D eigenvalue weighted by molar-refractivity contribution is -0.174. The van der Waals surface area contributed by atoms with Crippen LogP contribution in [0.15, 0.2) is 23.1 Å². The Labute approximate surface area is 164 Å². The molecule has 0 unspecified atom stereocenters.